The van der Waals surface area contributed by atoms with E-state index < -0.39 is 5.41 Å². The van der Waals surface area contributed by atoms with Gasteiger partial charge in [0.1, 0.15) is 11.5 Å². The summed E-state index contributed by atoms with van der Waals surface area (Å²) in [6, 6.07) is 45.0. The smallest absolute Gasteiger partial charge is 0.132 e. The van der Waals surface area contributed by atoms with Gasteiger partial charge in [-0.15, -0.1) is 0 Å². The third kappa shape index (κ3) is 2.38. The Morgan fingerprint density at radius 3 is 1.75 bits per heavy atom. The zero-order valence-corrected chi connectivity index (χ0v) is 19.5. The van der Waals surface area contributed by atoms with Crippen LogP contribution in [-0.2, 0) is 5.41 Å². The lowest BCUT2D eigenvalue weighted by Crippen LogP contribution is -2.32. The Morgan fingerprint density at radius 1 is 0.472 bits per heavy atom. The summed E-state index contributed by atoms with van der Waals surface area (Å²) in [5, 5.41) is 2.39. The first-order valence-corrected chi connectivity index (χ1v) is 12.3. The molecule has 168 valence electrons. The lowest BCUT2D eigenvalue weighted by molar-refractivity contribution is 0.437. The number of benzene rings is 5. The van der Waals surface area contributed by atoms with E-state index in [-0.39, 0.29) is 0 Å². The predicted octanol–water partition coefficient (Wildman–Crippen LogP) is 8.37. The van der Waals surface area contributed by atoms with E-state index >= 15 is 0 Å². The summed E-state index contributed by atoms with van der Waals surface area (Å²) >= 11 is 0. The first-order valence-electron chi connectivity index (χ1n) is 12.3. The fraction of sp³-hybridized carbons (Fsp3) is 0.0294. The fourth-order valence-electron chi connectivity index (χ4n) is 6.36. The largest absolute Gasteiger partial charge is 0.457 e. The molecule has 36 heavy (non-hydrogen) atoms. The number of rotatable bonds is 1. The summed E-state index contributed by atoms with van der Waals surface area (Å²) in [4.78, 5) is 5.45. The summed E-state index contributed by atoms with van der Waals surface area (Å²) < 4.78 is 6.48. The van der Waals surface area contributed by atoms with Gasteiger partial charge >= 0.3 is 0 Å². The summed E-state index contributed by atoms with van der Waals surface area (Å²) in [7, 11) is 0. The standard InChI is InChI=1S/C34H21NO/c1-2-12-22(13-3-1)32-24-15-5-4-14-23(24)31-33(35-32)25-16-6-7-17-26(25)34(31)27-18-8-10-20-29(27)36-30-21-11-9-19-28(30)34/h1-21H. The Balaban J connectivity index is 1.62. The SMILES string of the molecule is c1ccc(-c2nc3c(c4ccccc24)C2(c4ccccc4Oc4ccccc42)c2ccccc2-3)cc1. The number of aromatic nitrogens is 1. The third-order valence-electron chi connectivity index (χ3n) is 7.72. The van der Waals surface area contributed by atoms with Crippen molar-refractivity contribution >= 4 is 10.8 Å². The van der Waals surface area contributed by atoms with Crippen LogP contribution in [0.15, 0.2) is 127 Å². The Hall–Kier alpha value is -4.69. The maximum atomic E-state index is 6.48. The molecule has 1 spiro atoms. The maximum absolute atomic E-state index is 6.48. The molecule has 0 saturated heterocycles. The molecule has 0 fully saturated rings. The number of ether oxygens (including phenoxy) is 1. The second kappa shape index (κ2) is 7.16. The highest BCUT2D eigenvalue weighted by molar-refractivity contribution is 6.05. The van der Waals surface area contributed by atoms with Crippen LogP contribution < -0.4 is 4.74 Å². The van der Waals surface area contributed by atoms with E-state index in [0.29, 0.717) is 0 Å². The molecule has 2 aliphatic rings. The number of nitrogens with zero attached hydrogens (tertiary/aromatic N) is 1. The fourth-order valence-corrected chi connectivity index (χ4v) is 6.36. The Bertz CT molecular complexity index is 1770. The summed E-state index contributed by atoms with van der Waals surface area (Å²) in [5.41, 5.74) is 8.68. The summed E-state index contributed by atoms with van der Waals surface area (Å²) in [6.07, 6.45) is 0. The van der Waals surface area contributed by atoms with Gasteiger partial charge in [0.15, 0.2) is 0 Å². The average molecular weight is 460 g/mol. The highest BCUT2D eigenvalue weighted by Gasteiger charge is 2.52. The van der Waals surface area contributed by atoms with Crippen molar-refractivity contribution in [3.63, 3.8) is 0 Å². The minimum atomic E-state index is -0.515. The van der Waals surface area contributed by atoms with Crippen molar-refractivity contribution in [2.75, 3.05) is 0 Å². The molecule has 1 aliphatic heterocycles. The minimum Gasteiger partial charge on any atom is -0.457 e. The van der Waals surface area contributed by atoms with Crippen molar-refractivity contribution in [3.05, 3.63) is 150 Å². The van der Waals surface area contributed by atoms with Gasteiger partial charge in [-0.05, 0) is 23.1 Å². The molecule has 0 radical (unpaired) electrons. The molecule has 0 atom stereocenters. The summed E-state index contributed by atoms with van der Waals surface area (Å²) in [6.45, 7) is 0. The van der Waals surface area contributed by atoms with Crippen LogP contribution in [-0.4, -0.2) is 4.98 Å². The molecule has 1 aliphatic carbocycles. The molecule has 0 N–H and O–H groups in total. The van der Waals surface area contributed by atoms with Gasteiger partial charge in [-0.1, -0.05) is 115 Å². The van der Waals surface area contributed by atoms with Crippen molar-refractivity contribution in [2.45, 2.75) is 5.41 Å². The molecule has 2 heterocycles. The molecule has 8 rings (SSSR count). The van der Waals surface area contributed by atoms with Crippen LogP contribution >= 0.6 is 0 Å². The van der Waals surface area contributed by atoms with Gasteiger partial charge in [0, 0.05) is 33.2 Å². The van der Waals surface area contributed by atoms with Gasteiger partial charge in [-0.2, -0.15) is 0 Å². The molecule has 5 aromatic carbocycles. The quantitative estimate of drug-likeness (QED) is 0.246. The van der Waals surface area contributed by atoms with E-state index in [1.807, 2.05) is 0 Å². The van der Waals surface area contributed by atoms with Crippen LogP contribution in [0.1, 0.15) is 22.3 Å². The van der Waals surface area contributed by atoms with Crippen LogP contribution in [0, 0.1) is 0 Å². The second-order valence-electron chi connectivity index (χ2n) is 9.49. The van der Waals surface area contributed by atoms with E-state index in [9.17, 15) is 0 Å². The van der Waals surface area contributed by atoms with Gasteiger partial charge in [-0.3, -0.25) is 0 Å². The van der Waals surface area contributed by atoms with Crippen LogP contribution in [0.3, 0.4) is 0 Å². The van der Waals surface area contributed by atoms with Crippen LogP contribution in [0.2, 0.25) is 0 Å². The zero-order valence-electron chi connectivity index (χ0n) is 19.5. The number of hydrogen-bond acceptors (Lipinski definition) is 2. The van der Waals surface area contributed by atoms with Gasteiger partial charge in [0.05, 0.1) is 16.8 Å². The van der Waals surface area contributed by atoms with E-state index in [0.717, 1.165) is 45.0 Å². The lowest BCUT2D eigenvalue weighted by Gasteiger charge is -2.39. The monoisotopic (exact) mass is 459 g/mol. The molecule has 0 amide bonds. The van der Waals surface area contributed by atoms with E-state index in [1.54, 1.807) is 0 Å². The Kier molecular flexibility index (Phi) is 3.90. The van der Waals surface area contributed by atoms with Crippen LogP contribution in [0.4, 0.5) is 0 Å². The highest BCUT2D eigenvalue weighted by atomic mass is 16.5. The van der Waals surface area contributed by atoms with Crippen molar-refractivity contribution in [1.29, 1.82) is 0 Å². The van der Waals surface area contributed by atoms with Crippen molar-refractivity contribution in [2.24, 2.45) is 0 Å². The molecule has 0 unspecified atom stereocenters. The highest BCUT2D eigenvalue weighted by Crippen LogP contribution is 2.63. The lowest BCUT2D eigenvalue weighted by atomic mass is 9.65. The average Bonchev–Trinajstić information content (AvgIpc) is 3.24. The molecule has 0 saturated carbocycles. The number of para-hydroxylation sites is 2. The number of fused-ring (bicyclic) bond motifs is 11. The van der Waals surface area contributed by atoms with Crippen molar-refractivity contribution in [1.82, 2.24) is 4.98 Å². The summed E-state index contributed by atoms with van der Waals surface area (Å²) in [5.74, 6) is 1.80. The molecule has 1 aromatic heterocycles. The number of pyridine rings is 1. The van der Waals surface area contributed by atoms with Crippen LogP contribution in [0.25, 0.3) is 33.3 Å². The Morgan fingerprint density at radius 2 is 1.03 bits per heavy atom. The molecule has 2 heteroatoms. The first kappa shape index (κ1) is 19.6. The van der Waals surface area contributed by atoms with Gasteiger partial charge in [0.25, 0.3) is 0 Å². The van der Waals surface area contributed by atoms with Crippen molar-refractivity contribution in [3.8, 4) is 34.0 Å². The predicted molar refractivity (Wildman–Crippen MR) is 145 cm³/mol. The van der Waals surface area contributed by atoms with Gasteiger partial charge in [0.2, 0.25) is 0 Å². The van der Waals surface area contributed by atoms with E-state index in [4.69, 9.17) is 9.72 Å². The minimum absolute atomic E-state index is 0.515. The third-order valence-corrected chi connectivity index (χ3v) is 7.72. The first-order chi connectivity index (χ1) is 17.9. The molecule has 2 nitrogen and oxygen atoms in total. The molecular weight excluding hydrogens is 438 g/mol. The van der Waals surface area contributed by atoms with E-state index in [2.05, 4.69) is 127 Å². The molecule has 0 bridgehead atoms. The second-order valence-corrected chi connectivity index (χ2v) is 9.49. The van der Waals surface area contributed by atoms with Crippen LogP contribution in [0.5, 0.6) is 11.5 Å². The molecular formula is C34H21NO. The maximum Gasteiger partial charge on any atom is 0.132 e. The van der Waals surface area contributed by atoms with Gasteiger partial charge in [-0.25, -0.2) is 4.98 Å². The molecule has 6 aromatic rings. The topological polar surface area (TPSA) is 22.1 Å². The van der Waals surface area contributed by atoms with Crippen molar-refractivity contribution < 1.29 is 4.74 Å². The number of hydrogen-bond donors (Lipinski definition) is 0. The normalized spacial score (nSPS) is 14.0. The Labute approximate surface area is 209 Å². The van der Waals surface area contributed by atoms with Gasteiger partial charge < -0.3 is 4.74 Å². The van der Waals surface area contributed by atoms with E-state index in [1.165, 1.54) is 22.1 Å². The zero-order chi connectivity index (χ0) is 23.7.